The monoisotopic (exact) mass is 465 g/mol. The van der Waals surface area contributed by atoms with Crippen LogP contribution in [0.5, 0.6) is 0 Å². The Morgan fingerprint density at radius 3 is 0.727 bits per heavy atom. The predicted molar refractivity (Wildman–Crippen MR) is 90.0 cm³/mol. The van der Waals surface area contributed by atoms with Crippen LogP contribution in [-0.2, 0) is 19.8 Å². The normalized spacial score (nSPS) is 8.32. The summed E-state index contributed by atoms with van der Waals surface area (Å²) in [6, 6.07) is 32.4. The molecule has 3 aromatic rings. The topological polar surface area (TPSA) is 0 Å². The van der Waals surface area contributed by atoms with E-state index in [1.54, 1.807) is 0 Å². The smallest absolute Gasteiger partial charge is 0 e. The summed E-state index contributed by atoms with van der Waals surface area (Å²) in [7, 11) is 0. The van der Waals surface area contributed by atoms with Crippen molar-refractivity contribution in [2.24, 2.45) is 0 Å². The molecule has 0 heterocycles. The molecule has 0 aromatic heterocycles. The Morgan fingerprint density at radius 2 is 0.636 bits per heavy atom. The van der Waals surface area contributed by atoms with E-state index in [1.165, 1.54) is 16.7 Å². The molecule has 0 bridgehead atoms. The number of aryl methyl sites for hydroxylation is 3. The van der Waals surface area contributed by atoms with E-state index < -0.39 is 0 Å². The first-order valence-electron chi connectivity index (χ1n) is 6.96. The van der Waals surface area contributed by atoms with Gasteiger partial charge in [0.15, 0.2) is 0 Å². The fourth-order valence-corrected chi connectivity index (χ4v) is 1.41. The van der Waals surface area contributed by atoms with E-state index in [0.717, 1.165) is 0 Å². The Morgan fingerprint density at radius 1 is 0.455 bits per heavy atom. The van der Waals surface area contributed by atoms with Crippen molar-refractivity contribution in [3.63, 3.8) is 0 Å². The maximum absolute atomic E-state index is 2.93. The molecule has 3 rings (SSSR count). The third-order valence-corrected chi connectivity index (χ3v) is 2.65. The molecular weight excluding hydrogens is 442 g/mol. The minimum atomic E-state index is 0. The molecule has 0 aliphatic carbocycles. The Bertz CT molecular complexity index is 485. The van der Waals surface area contributed by atoms with Crippen LogP contribution in [0.2, 0.25) is 0 Å². The number of hydrogen-bond donors (Lipinski definition) is 0. The van der Waals surface area contributed by atoms with Gasteiger partial charge in [-0.15, -0.1) is 0 Å². The molecule has 1 heteroatoms. The minimum Gasteiger partial charge on any atom is -0.184 e. The average Bonchev–Trinajstić information content (AvgIpc) is 2.51. The van der Waals surface area contributed by atoms with Crippen molar-refractivity contribution >= 4 is 0 Å². The van der Waals surface area contributed by atoms with E-state index in [4.69, 9.17) is 0 Å². The predicted octanol–water partition coefficient (Wildman–Crippen LogP) is 5.38. The molecule has 0 atom stereocenters. The second-order valence-electron chi connectivity index (χ2n) is 4.73. The Balaban J connectivity index is 0.000000294. The molecule has 116 valence electrons. The van der Waals surface area contributed by atoms with E-state index in [-0.39, 0.29) is 19.8 Å². The zero-order valence-corrected chi connectivity index (χ0v) is 15.8. The van der Waals surface area contributed by atoms with Crippen molar-refractivity contribution in [2.45, 2.75) is 20.8 Å². The van der Waals surface area contributed by atoms with E-state index in [0.29, 0.717) is 0 Å². The van der Waals surface area contributed by atoms with Crippen molar-refractivity contribution in [3.8, 4) is 0 Å². The van der Waals surface area contributed by atoms with Crippen LogP contribution < -0.4 is 0 Å². The Kier molecular flexibility index (Phi) is 12.0. The Hall–Kier alpha value is -1.70. The van der Waals surface area contributed by atoms with Crippen LogP contribution in [0.15, 0.2) is 72.8 Å². The third kappa shape index (κ3) is 11.0. The van der Waals surface area contributed by atoms with Gasteiger partial charge in [0, 0.05) is 19.8 Å². The average molecular weight is 464 g/mol. The van der Waals surface area contributed by atoms with E-state index in [1.807, 2.05) is 72.8 Å². The van der Waals surface area contributed by atoms with E-state index in [2.05, 4.69) is 39.0 Å². The van der Waals surface area contributed by atoms with E-state index in [9.17, 15) is 0 Å². The summed E-state index contributed by atoms with van der Waals surface area (Å²) >= 11 is 0. The van der Waals surface area contributed by atoms with Gasteiger partial charge in [0.25, 0.3) is 0 Å². The van der Waals surface area contributed by atoms with Gasteiger partial charge in [0.05, 0.1) is 0 Å². The van der Waals surface area contributed by atoms with Crippen molar-refractivity contribution in [3.05, 3.63) is 108 Å². The summed E-state index contributed by atoms with van der Waals surface area (Å²) < 4.78 is 0. The largest absolute Gasteiger partial charge is 0.184 e. The molecule has 3 aromatic carbocycles. The second kappa shape index (κ2) is 13.0. The number of hydrogen-bond acceptors (Lipinski definition) is 0. The first-order valence-corrected chi connectivity index (χ1v) is 6.96. The van der Waals surface area contributed by atoms with Gasteiger partial charge in [0.1, 0.15) is 0 Å². The van der Waals surface area contributed by atoms with Gasteiger partial charge in [-0.1, -0.05) is 20.8 Å². The van der Waals surface area contributed by atoms with Gasteiger partial charge in [-0.05, 0) is 0 Å². The van der Waals surface area contributed by atoms with Gasteiger partial charge >= 0.3 is 0 Å². The molecule has 0 aliphatic heterocycles. The summed E-state index contributed by atoms with van der Waals surface area (Å²) in [5, 5.41) is 0. The van der Waals surface area contributed by atoms with Gasteiger partial charge < -0.3 is 0 Å². The van der Waals surface area contributed by atoms with Crippen LogP contribution >= 0.6 is 0 Å². The van der Waals surface area contributed by atoms with E-state index >= 15 is 0 Å². The molecule has 0 unspecified atom stereocenters. The summed E-state index contributed by atoms with van der Waals surface area (Å²) in [6.07, 6.45) is 0. The third-order valence-electron chi connectivity index (χ3n) is 2.65. The second-order valence-corrected chi connectivity index (χ2v) is 4.73. The molecule has 0 amide bonds. The molecule has 0 aliphatic rings. The number of benzene rings is 3. The maximum atomic E-state index is 2.93. The first kappa shape index (κ1) is 20.3. The minimum absolute atomic E-state index is 0. The summed E-state index contributed by atoms with van der Waals surface area (Å²) in [6.45, 7) is 6.19. The Labute approximate surface area is 148 Å². The number of rotatable bonds is 0. The first-order chi connectivity index (χ1) is 10.2. The quantitative estimate of drug-likeness (QED) is 0.393. The molecule has 0 N–H and O–H groups in total. The molecule has 0 saturated heterocycles. The van der Waals surface area contributed by atoms with Crippen LogP contribution in [0.4, 0.5) is 0 Å². The van der Waals surface area contributed by atoms with Crippen LogP contribution in [0.3, 0.4) is 0 Å². The van der Waals surface area contributed by atoms with Crippen molar-refractivity contribution < 1.29 is 19.8 Å². The van der Waals surface area contributed by atoms with Crippen LogP contribution in [-0.4, -0.2) is 0 Å². The molecule has 0 fully saturated rings. The fraction of sp³-hybridized carbons (Fsp3) is 0.143. The van der Waals surface area contributed by atoms with Gasteiger partial charge in [0.2, 0.25) is 0 Å². The molecule has 22 heavy (non-hydrogen) atoms. The summed E-state index contributed by atoms with van der Waals surface area (Å²) in [4.78, 5) is 0. The molecule has 0 spiro atoms. The van der Waals surface area contributed by atoms with Crippen LogP contribution in [0.1, 0.15) is 16.7 Å². The SMILES string of the molecule is Cc1cc[c-]cc1.Cc1cc[c-]cc1.Cc1cc[c-]cc1.[Os]. The van der Waals surface area contributed by atoms with Gasteiger partial charge in [-0.3, -0.25) is 0 Å². The van der Waals surface area contributed by atoms with Crippen molar-refractivity contribution in [2.75, 3.05) is 0 Å². The molecule has 0 saturated carbocycles. The molecular formula is C21H21Os-3. The van der Waals surface area contributed by atoms with Crippen LogP contribution in [0.25, 0.3) is 0 Å². The van der Waals surface area contributed by atoms with Gasteiger partial charge in [-0.25, -0.2) is 0 Å². The molecule has 0 radical (unpaired) electrons. The van der Waals surface area contributed by atoms with Crippen molar-refractivity contribution in [1.82, 2.24) is 0 Å². The summed E-state index contributed by atoms with van der Waals surface area (Å²) in [5.41, 5.74) is 3.87. The molecule has 0 nitrogen and oxygen atoms in total. The standard InChI is InChI=1S/3C7H7.Os/c3*1-7-5-3-2-4-6-7;/h3*3-6H,1H3;/q3*-1;. The van der Waals surface area contributed by atoms with Gasteiger partial charge in [-0.2, -0.15) is 108 Å². The zero-order chi connectivity index (χ0) is 15.3. The maximum Gasteiger partial charge on any atom is 0 e. The van der Waals surface area contributed by atoms with Crippen LogP contribution in [0, 0.1) is 39.0 Å². The zero-order valence-electron chi connectivity index (χ0n) is 13.3. The summed E-state index contributed by atoms with van der Waals surface area (Å²) in [5.74, 6) is 0. The van der Waals surface area contributed by atoms with Crippen molar-refractivity contribution in [1.29, 1.82) is 0 Å². The fourth-order valence-electron chi connectivity index (χ4n) is 1.41.